The molecule has 0 N–H and O–H groups in total. The van der Waals surface area contributed by atoms with Gasteiger partial charge in [-0.25, -0.2) is 0 Å². The molecular weight excluding hydrogens is 276 g/mol. The van der Waals surface area contributed by atoms with E-state index in [1.54, 1.807) is 12.4 Å². The van der Waals surface area contributed by atoms with Crippen molar-refractivity contribution >= 4 is 11.6 Å². The smallest absolute Gasteiger partial charge is 0.232 e. The van der Waals surface area contributed by atoms with Crippen LogP contribution in [0.15, 0.2) is 54.9 Å². The van der Waals surface area contributed by atoms with Crippen molar-refractivity contribution in [3.8, 4) is 0 Å². The van der Waals surface area contributed by atoms with Gasteiger partial charge < -0.3 is 9.64 Å². The number of hydrogen-bond acceptors (Lipinski definition) is 3. The zero-order valence-corrected chi connectivity index (χ0v) is 12.5. The maximum absolute atomic E-state index is 12.9. The highest BCUT2D eigenvalue weighted by Crippen LogP contribution is 2.23. The number of pyridine rings is 1. The molecule has 2 aromatic rings. The van der Waals surface area contributed by atoms with E-state index in [0.29, 0.717) is 13.2 Å². The fourth-order valence-corrected chi connectivity index (χ4v) is 2.74. The number of carbonyl (C=O) groups is 1. The summed E-state index contributed by atoms with van der Waals surface area (Å²) in [6.07, 6.45) is 5.29. The predicted molar refractivity (Wildman–Crippen MR) is 85.4 cm³/mol. The summed E-state index contributed by atoms with van der Waals surface area (Å²) in [5.41, 5.74) is 2.00. The first-order valence-electron chi connectivity index (χ1n) is 7.67. The summed E-state index contributed by atoms with van der Waals surface area (Å²) in [4.78, 5) is 18.8. The molecule has 1 aromatic carbocycles. The predicted octanol–water partition coefficient (Wildman–Crippen LogP) is 3.04. The second-order valence-corrected chi connectivity index (χ2v) is 5.53. The monoisotopic (exact) mass is 296 g/mol. The molecule has 1 aromatic heterocycles. The van der Waals surface area contributed by atoms with Crippen LogP contribution in [0.4, 0.5) is 5.69 Å². The van der Waals surface area contributed by atoms with Crippen LogP contribution in [0.3, 0.4) is 0 Å². The van der Waals surface area contributed by atoms with Crippen molar-refractivity contribution in [3.63, 3.8) is 0 Å². The van der Waals surface area contributed by atoms with Crippen molar-refractivity contribution in [1.29, 1.82) is 0 Å². The normalized spacial score (nSPS) is 17.9. The molecule has 0 bridgehead atoms. The molecule has 4 nitrogen and oxygen atoms in total. The van der Waals surface area contributed by atoms with Gasteiger partial charge in [0.2, 0.25) is 5.91 Å². The SMILES string of the molecule is O=C([C@H]1CCCOC1)N(Cc1ccccc1)c1ccncc1. The molecule has 0 unspecified atom stereocenters. The molecule has 1 atom stereocenters. The largest absolute Gasteiger partial charge is 0.381 e. The fraction of sp³-hybridized carbons (Fsp3) is 0.333. The maximum atomic E-state index is 12.9. The third kappa shape index (κ3) is 3.52. The minimum atomic E-state index is -0.0503. The van der Waals surface area contributed by atoms with E-state index in [0.717, 1.165) is 30.7 Å². The fourth-order valence-electron chi connectivity index (χ4n) is 2.74. The van der Waals surface area contributed by atoms with Crippen LogP contribution in [0, 0.1) is 5.92 Å². The van der Waals surface area contributed by atoms with Gasteiger partial charge in [-0.05, 0) is 30.5 Å². The van der Waals surface area contributed by atoms with Crippen LogP contribution in [-0.2, 0) is 16.1 Å². The summed E-state index contributed by atoms with van der Waals surface area (Å²) < 4.78 is 5.48. The van der Waals surface area contributed by atoms with Gasteiger partial charge in [-0.2, -0.15) is 0 Å². The van der Waals surface area contributed by atoms with Crippen molar-refractivity contribution in [2.45, 2.75) is 19.4 Å². The Hall–Kier alpha value is -2.20. The summed E-state index contributed by atoms with van der Waals surface area (Å²) in [5, 5.41) is 0. The number of aromatic nitrogens is 1. The average Bonchev–Trinajstić information content (AvgIpc) is 2.61. The molecule has 1 aliphatic rings. The number of nitrogens with zero attached hydrogens (tertiary/aromatic N) is 2. The van der Waals surface area contributed by atoms with E-state index in [2.05, 4.69) is 4.98 Å². The highest BCUT2D eigenvalue weighted by atomic mass is 16.5. The van der Waals surface area contributed by atoms with E-state index in [4.69, 9.17) is 4.74 Å². The Balaban J connectivity index is 1.84. The number of ether oxygens (including phenoxy) is 1. The molecule has 4 heteroatoms. The summed E-state index contributed by atoms with van der Waals surface area (Å²) in [7, 11) is 0. The van der Waals surface area contributed by atoms with Gasteiger partial charge in [0, 0.05) is 24.7 Å². The van der Waals surface area contributed by atoms with Crippen LogP contribution in [0.5, 0.6) is 0 Å². The van der Waals surface area contributed by atoms with Gasteiger partial charge in [0.25, 0.3) is 0 Å². The maximum Gasteiger partial charge on any atom is 0.232 e. The van der Waals surface area contributed by atoms with E-state index in [9.17, 15) is 4.79 Å². The lowest BCUT2D eigenvalue weighted by atomic mass is 10.00. The van der Waals surface area contributed by atoms with Crippen LogP contribution in [0.25, 0.3) is 0 Å². The van der Waals surface area contributed by atoms with E-state index in [1.807, 2.05) is 47.4 Å². The van der Waals surface area contributed by atoms with Crippen LogP contribution in [-0.4, -0.2) is 24.1 Å². The van der Waals surface area contributed by atoms with Gasteiger partial charge >= 0.3 is 0 Å². The first kappa shape index (κ1) is 14.7. The average molecular weight is 296 g/mol. The molecule has 0 spiro atoms. The summed E-state index contributed by atoms with van der Waals surface area (Å²) >= 11 is 0. The number of carbonyl (C=O) groups excluding carboxylic acids is 1. The number of rotatable bonds is 4. The molecule has 2 heterocycles. The van der Waals surface area contributed by atoms with Gasteiger partial charge in [-0.3, -0.25) is 9.78 Å². The Kier molecular flexibility index (Phi) is 4.81. The quantitative estimate of drug-likeness (QED) is 0.871. The Morgan fingerprint density at radius 1 is 1.18 bits per heavy atom. The minimum absolute atomic E-state index is 0.0503. The summed E-state index contributed by atoms with van der Waals surface area (Å²) in [5.74, 6) is 0.0837. The van der Waals surface area contributed by atoms with Crippen LogP contribution in [0.1, 0.15) is 18.4 Å². The van der Waals surface area contributed by atoms with Gasteiger partial charge in [0.1, 0.15) is 0 Å². The Morgan fingerprint density at radius 2 is 1.95 bits per heavy atom. The molecule has 0 radical (unpaired) electrons. The van der Waals surface area contributed by atoms with Gasteiger partial charge in [0.15, 0.2) is 0 Å². The number of anilines is 1. The van der Waals surface area contributed by atoms with Crippen LogP contribution >= 0.6 is 0 Å². The number of benzene rings is 1. The van der Waals surface area contributed by atoms with E-state index in [1.165, 1.54) is 0 Å². The zero-order chi connectivity index (χ0) is 15.2. The topological polar surface area (TPSA) is 42.4 Å². The molecule has 1 aliphatic heterocycles. The third-order valence-electron chi connectivity index (χ3n) is 3.93. The number of amides is 1. The molecule has 1 saturated heterocycles. The van der Waals surface area contributed by atoms with Gasteiger partial charge in [-0.1, -0.05) is 30.3 Å². The Morgan fingerprint density at radius 3 is 2.64 bits per heavy atom. The van der Waals surface area contributed by atoms with E-state index >= 15 is 0 Å². The second-order valence-electron chi connectivity index (χ2n) is 5.53. The van der Waals surface area contributed by atoms with Crippen molar-refractivity contribution < 1.29 is 9.53 Å². The molecule has 22 heavy (non-hydrogen) atoms. The van der Waals surface area contributed by atoms with Crippen molar-refractivity contribution in [2.75, 3.05) is 18.1 Å². The molecule has 0 aliphatic carbocycles. The van der Waals surface area contributed by atoms with Crippen LogP contribution < -0.4 is 4.90 Å². The second kappa shape index (κ2) is 7.18. The van der Waals surface area contributed by atoms with Gasteiger partial charge in [-0.15, -0.1) is 0 Å². The highest BCUT2D eigenvalue weighted by Gasteiger charge is 2.27. The molecule has 0 saturated carbocycles. The highest BCUT2D eigenvalue weighted by molar-refractivity contribution is 5.95. The third-order valence-corrected chi connectivity index (χ3v) is 3.93. The lowest BCUT2D eigenvalue weighted by Gasteiger charge is -2.29. The first-order valence-corrected chi connectivity index (χ1v) is 7.67. The van der Waals surface area contributed by atoms with Crippen molar-refractivity contribution in [3.05, 3.63) is 60.4 Å². The summed E-state index contributed by atoms with van der Waals surface area (Å²) in [6.45, 7) is 1.85. The van der Waals surface area contributed by atoms with Crippen molar-refractivity contribution in [2.24, 2.45) is 5.92 Å². The standard InChI is InChI=1S/C18H20N2O2/c21-18(16-7-4-12-22-14-16)20(17-8-10-19-11-9-17)13-15-5-2-1-3-6-15/h1-3,5-6,8-11,16H,4,7,12-14H2/t16-/m0/s1. The molecule has 1 fully saturated rings. The lowest BCUT2D eigenvalue weighted by Crippen LogP contribution is -2.39. The first-order chi connectivity index (χ1) is 10.8. The minimum Gasteiger partial charge on any atom is -0.381 e. The van der Waals surface area contributed by atoms with Crippen LogP contribution in [0.2, 0.25) is 0 Å². The van der Waals surface area contributed by atoms with E-state index in [-0.39, 0.29) is 11.8 Å². The Bertz CT molecular complexity index is 595. The van der Waals surface area contributed by atoms with Crippen molar-refractivity contribution in [1.82, 2.24) is 4.98 Å². The van der Waals surface area contributed by atoms with E-state index < -0.39 is 0 Å². The molecule has 1 amide bonds. The lowest BCUT2D eigenvalue weighted by molar-refractivity contribution is -0.126. The number of hydrogen-bond donors (Lipinski definition) is 0. The Labute approximate surface area is 130 Å². The zero-order valence-electron chi connectivity index (χ0n) is 12.5. The molecule has 3 rings (SSSR count). The molecular formula is C18H20N2O2. The van der Waals surface area contributed by atoms with Gasteiger partial charge in [0.05, 0.1) is 19.1 Å². The molecule has 114 valence electrons. The summed E-state index contributed by atoms with van der Waals surface area (Å²) in [6, 6.07) is 13.8.